The maximum absolute atomic E-state index is 12.5. The summed E-state index contributed by atoms with van der Waals surface area (Å²) < 4.78 is 7.01. The first-order chi connectivity index (χ1) is 14.1. The van der Waals surface area contributed by atoms with E-state index in [9.17, 15) is 9.59 Å². The summed E-state index contributed by atoms with van der Waals surface area (Å²) >= 11 is 1.30. The van der Waals surface area contributed by atoms with Crippen LogP contribution in [0.15, 0.2) is 59.8 Å². The molecule has 0 saturated carbocycles. The zero-order valence-corrected chi connectivity index (χ0v) is 17.1. The third-order valence-electron chi connectivity index (χ3n) is 4.09. The Morgan fingerprint density at radius 3 is 2.48 bits per heavy atom. The van der Waals surface area contributed by atoms with Crippen LogP contribution < -0.4 is 5.32 Å². The van der Waals surface area contributed by atoms with Gasteiger partial charge in [-0.2, -0.15) is 0 Å². The Morgan fingerprint density at radius 1 is 1.03 bits per heavy atom. The lowest BCUT2D eigenvalue weighted by molar-refractivity contribution is -0.113. The standard InChI is InChI=1S/C21H22N4O3S/c1-3-25-19(15-10-6-5-7-11-15)23-24-21(25)29-14-18(26)22-17-13-9-8-12-16(17)20(27)28-4-2/h5-13H,3-4,14H2,1-2H3,(H,22,26). The Bertz CT molecular complexity index is 989. The van der Waals surface area contributed by atoms with Crippen LogP contribution in [0.5, 0.6) is 0 Å². The summed E-state index contributed by atoms with van der Waals surface area (Å²) in [5, 5.41) is 12.0. The average molecular weight is 410 g/mol. The molecule has 8 heteroatoms. The van der Waals surface area contributed by atoms with Gasteiger partial charge in [-0.05, 0) is 26.0 Å². The maximum atomic E-state index is 12.5. The number of carbonyl (C=O) groups is 2. The number of hydrogen-bond donors (Lipinski definition) is 1. The minimum Gasteiger partial charge on any atom is -0.462 e. The highest BCUT2D eigenvalue weighted by molar-refractivity contribution is 7.99. The van der Waals surface area contributed by atoms with Gasteiger partial charge in [-0.1, -0.05) is 54.2 Å². The molecule has 150 valence electrons. The predicted molar refractivity (Wildman–Crippen MR) is 113 cm³/mol. The fourth-order valence-corrected chi connectivity index (χ4v) is 3.58. The van der Waals surface area contributed by atoms with Crippen LogP contribution in [0.2, 0.25) is 0 Å². The van der Waals surface area contributed by atoms with Crippen molar-refractivity contribution in [3.05, 3.63) is 60.2 Å². The molecule has 0 aliphatic rings. The summed E-state index contributed by atoms with van der Waals surface area (Å²) in [5.41, 5.74) is 1.73. The van der Waals surface area contributed by atoms with E-state index in [1.54, 1.807) is 31.2 Å². The smallest absolute Gasteiger partial charge is 0.340 e. The summed E-state index contributed by atoms with van der Waals surface area (Å²) in [4.78, 5) is 24.5. The van der Waals surface area contributed by atoms with Gasteiger partial charge in [-0.15, -0.1) is 10.2 Å². The molecule has 0 aliphatic carbocycles. The van der Waals surface area contributed by atoms with Crippen LogP contribution in [0, 0.1) is 0 Å². The van der Waals surface area contributed by atoms with Crippen LogP contribution in [0.3, 0.4) is 0 Å². The van der Waals surface area contributed by atoms with E-state index in [4.69, 9.17) is 4.74 Å². The maximum Gasteiger partial charge on any atom is 0.340 e. The van der Waals surface area contributed by atoms with Crippen LogP contribution in [-0.4, -0.2) is 39.0 Å². The second-order valence-electron chi connectivity index (χ2n) is 6.02. The van der Waals surface area contributed by atoms with Gasteiger partial charge >= 0.3 is 5.97 Å². The molecule has 3 aromatic rings. The SMILES string of the molecule is CCOC(=O)c1ccccc1NC(=O)CSc1nnc(-c2ccccc2)n1CC. The van der Waals surface area contributed by atoms with Crippen molar-refractivity contribution < 1.29 is 14.3 Å². The van der Waals surface area contributed by atoms with E-state index >= 15 is 0 Å². The van der Waals surface area contributed by atoms with Crippen molar-refractivity contribution in [1.29, 1.82) is 0 Å². The number of nitrogens with zero attached hydrogens (tertiary/aromatic N) is 3. The molecule has 7 nitrogen and oxygen atoms in total. The Morgan fingerprint density at radius 2 is 1.76 bits per heavy atom. The first-order valence-corrected chi connectivity index (χ1v) is 10.3. The van der Waals surface area contributed by atoms with Gasteiger partial charge in [0.05, 0.1) is 23.6 Å². The van der Waals surface area contributed by atoms with E-state index in [0.717, 1.165) is 11.4 Å². The zero-order chi connectivity index (χ0) is 20.6. The lowest BCUT2D eigenvalue weighted by atomic mass is 10.2. The molecule has 1 heterocycles. The Labute approximate surface area is 173 Å². The van der Waals surface area contributed by atoms with Crippen molar-refractivity contribution in [2.75, 3.05) is 17.7 Å². The topological polar surface area (TPSA) is 86.1 Å². The fraction of sp³-hybridized carbons (Fsp3) is 0.238. The molecule has 0 saturated heterocycles. The molecular formula is C21H22N4O3S. The van der Waals surface area contributed by atoms with E-state index in [0.29, 0.717) is 23.0 Å². The number of para-hydroxylation sites is 1. The second kappa shape index (κ2) is 9.88. The van der Waals surface area contributed by atoms with Gasteiger partial charge in [0.1, 0.15) is 0 Å². The van der Waals surface area contributed by atoms with Gasteiger partial charge in [-0.25, -0.2) is 4.79 Å². The van der Waals surface area contributed by atoms with Crippen molar-refractivity contribution in [3.8, 4) is 11.4 Å². The van der Waals surface area contributed by atoms with E-state index in [1.807, 2.05) is 41.8 Å². The molecule has 0 atom stereocenters. The molecular weight excluding hydrogens is 388 g/mol. The Kier molecular flexibility index (Phi) is 7.02. The van der Waals surface area contributed by atoms with Gasteiger partial charge in [-0.3, -0.25) is 4.79 Å². The number of thioether (sulfide) groups is 1. The lowest BCUT2D eigenvalue weighted by Crippen LogP contribution is -2.17. The van der Waals surface area contributed by atoms with Crippen LogP contribution in [0.1, 0.15) is 24.2 Å². The molecule has 2 aromatic carbocycles. The molecule has 0 radical (unpaired) electrons. The van der Waals surface area contributed by atoms with Gasteiger partial charge in [0.25, 0.3) is 0 Å². The molecule has 3 rings (SSSR count). The van der Waals surface area contributed by atoms with Crippen molar-refractivity contribution in [1.82, 2.24) is 14.8 Å². The fourth-order valence-electron chi connectivity index (χ4n) is 2.78. The van der Waals surface area contributed by atoms with Gasteiger partial charge in [0.15, 0.2) is 11.0 Å². The van der Waals surface area contributed by atoms with Gasteiger partial charge in [0.2, 0.25) is 5.91 Å². The molecule has 1 aromatic heterocycles. The molecule has 29 heavy (non-hydrogen) atoms. The number of hydrogen-bond acceptors (Lipinski definition) is 6. The van der Waals surface area contributed by atoms with Gasteiger partial charge in [0, 0.05) is 12.1 Å². The van der Waals surface area contributed by atoms with E-state index in [-0.39, 0.29) is 18.3 Å². The molecule has 0 bridgehead atoms. The zero-order valence-electron chi connectivity index (χ0n) is 16.3. The van der Waals surface area contributed by atoms with Crippen molar-refractivity contribution in [2.45, 2.75) is 25.5 Å². The highest BCUT2D eigenvalue weighted by Crippen LogP contribution is 2.24. The van der Waals surface area contributed by atoms with E-state index in [1.165, 1.54) is 11.8 Å². The van der Waals surface area contributed by atoms with Crippen molar-refractivity contribution >= 4 is 29.3 Å². The molecule has 0 aliphatic heterocycles. The number of aromatic nitrogens is 3. The summed E-state index contributed by atoms with van der Waals surface area (Å²) in [5.74, 6) is 0.209. The number of benzene rings is 2. The van der Waals surface area contributed by atoms with Crippen LogP contribution in [0.4, 0.5) is 5.69 Å². The van der Waals surface area contributed by atoms with Crippen LogP contribution in [0.25, 0.3) is 11.4 Å². The highest BCUT2D eigenvalue weighted by Gasteiger charge is 2.17. The predicted octanol–water partition coefficient (Wildman–Crippen LogP) is 3.87. The quantitative estimate of drug-likeness (QED) is 0.448. The van der Waals surface area contributed by atoms with Crippen LogP contribution >= 0.6 is 11.8 Å². The normalized spacial score (nSPS) is 10.6. The molecule has 1 N–H and O–H groups in total. The summed E-state index contributed by atoms with van der Waals surface area (Å²) in [6.45, 7) is 4.71. The number of amides is 1. The molecule has 1 amide bonds. The lowest BCUT2D eigenvalue weighted by Gasteiger charge is -2.10. The number of esters is 1. The van der Waals surface area contributed by atoms with Crippen molar-refractivity contribution in [3.63, 3.8) is 0 Å². The number of ether oxygens (including phenoxy) is 1. The highest BCUT2D eigenvalue weighted by atomic mass is 32.2. The first-order valence-electron chi connectivity index (χ1n) is 9.31. The second-order valence-corrected chi connectivity index (χ2v) is 6.96. The minimum absolute atomic E-state index is 0.143. The largest absolute Gasteiger partial charge is 0.462 e. The number of nitrogens with one attached hydrogen (secondary N) is 1. The molecule has 0 fully saturated rings. The number of rotatable bonds is 8. The monoisotopic (exact) mass is 410 g/mol. The van der Waals surface area contributed by atoms with Crippen LogP contribution in [-0.2, 0) is 16.1 Å². The number of anilines is 1. The molecule has 0 unspecified atom stereocenters. The Hall–Kier alpha value is -3.13. The Balaban J connectivity index is 1.68. The number of carbonyl (C=O) groups excluding carboxylic acids is 2. The first kappa shape index (κ1) is 20.6. The van der Waals surface area contributed by atoms with Crippen molar-refractivity contribution in [2.24, 2.45) is 0 Å². The summed E-state index contributed by atoms with van der Waals surface area (Å²) in [7, 11) is 0. The third kappa shape index (κ3) is 5.03. The van der Waals surface area contributed by atoms with Gasteiger partial charge < -0.3 is 14.6 Å². The summed E-state index contributed by atoms with van der Waals surface area (Å²) in [6, 6.07) is 16.6. The van der Waals surface area contributed by atoms with E-state index in [2.05, 4.69) is 15.5 Å². The average Bonchev–Trinajstić information content (AvgIpc) is 3.16. The minimum atomic E-state index is -0.464. The van der Waals surface area contributed by atoms with E-state index < -0.39 is 5.97 Å². The summed E-state index contributed by atoms with van der Waals surface area (Å²) in [6.07, 6.45) is 0. The molecule has 0 spiro atoms. The third-order valence-corrected chi connectivity index (χ3v) is 5.06.